The Labute approximate surface area is 157 Å². The number of piperazine rings is 1. The summed E-state index contributed by atoms with van der Waals surface area (Å²) in [5.74, 6) is -0.200. The Balaban J connectivity index is 1.61. The van der Waals surface area contributed by atoms with Crippen LogP contribution in [0.4, 0.5) is 5.13 Å². The summed E-state index contributed by atoms with van der Waals surface area (Å²) < 4.78 is 0. The maximum atomic E-state index is 13.0. The normalized spacial score (nSPS) is 15.8. The first kappa shape index (κ1) is 18.4. The molecule has 138 valence electrons. The number of nitrogens with zero attached hydrogens (tertiary/aromatic N) is 3. The average Bonchev–Trinajstić information content (AvgIpc) is 3.21. The van der Waals surface area contributed by atoms with Gasteiger partial charge >= 0.3 is 0 Å². The number of hydrogen-bond acceptors (Lipinski definition) is 5. The van der Waals surface area contributed by atoms with E-state index in [0.717, 1.165) is 18.2 Å². The number of benzene rings is 1. The Morgan fingerprint density at radius 1 is 1.12 bits per heavy atom. The molecular formula is C19H24N4O2S. The van der Waals surface area contributed by atoms with Gasteiger partial charge in [-0.2, -0.15) is 0 Å². The molecule has 26 heavy (non-hydrogen) atoms. The average molecular weight is 372 g/mol. The third-order valence-electron chi connectivity index (χ3n) is 4.54. The fraction of sp³-hybridized carbons (Fsp3) is 0.421. The van der Waals surface area contributed by atoms with Crippen LogP contribution in [-0.2, 0) is 4.79 Å². The van der Waals surface area contributed by atoms with E-state index in [4.69, 9.17) is 0 Å². The van der Waals surface area contributed by atoms with Crippen LogP contribution in [0.3, 0.4) is 0 Å². The van der Waals surface area contributed by atoms with Crippen molar-refractivity contribution in [3.8, 4) is 0 Å². The van der Waals surface area contributed by atoms with Crippen molar-refractivity contribution in [2.24, 2.45) is 5.92 Å². The summed E-state index contributed by atoms with van der Waals surface area (Å²) in [6.45, 7) is 6.72. The molecule has 1 N–H and O–H groups in total. The molecule has 2 aromatic rings. The Morgan fingerprint density at radius 3 is 2.38 bits per heavy atom. The van der Waals surface area contributed by atoms with Gasteiger partial charge in [0.15, 0.2) is 5.13 Å². The summed E-state index contributed by atoms with van der Waals surface area (Å²) in [5.41, 5.74) is 0.569. The zero-order valence-electron chi connectivity index (χ0n) is 15.1. The Kier molecular flexibility index (Phi) is 5.88. The van der Waals surface area contributed by atoms with Crippen molar-refractivity contribution in [2.45, 2.75) is 19.9 Å². The molecule has 1 aliphatic heterocycles. The molecule has 1 aromatic carbocycles. The first-order chi connectivity index (χ1) is 12.6. The van der Waals surface area contributed by atoms with Gasteiger partial charge in [0.1, 0.15) is 6.04 Å². The highest BCUT2D eigenvalue weighted by Crippen LogP contribution is 2.19. The molecule has 3 rings (SSSR count). The predicted octanol–water partition coefficient (Wildman–Crippen LogP) is 2.25. The van der Waals surface area contributed by atoms with E-state index in [1.165, 1.54) is 0 Å². The van der Waals surface area contributed by atoms with Gasteiger partial charge in [0.2, 0.25) is 5.91 Å². The summed E-state index contributed by atoms with van der Waals surface area (Å²) in [4.78, 5) is 33.8. The zero-order chi connectivity index (χ0) is 18.5. The number of thiazole rings is 1. The molecule has 1 aliphatic rings. The predicted molar refractivity (Wildman–Crippen MR) is 103 cm³/mol. The van der Waals surface area contributed by atoms with Gasteiger partial charge in [-0.3, -0.25) is 9.59 Å². The number of rotatable bonds is 5. The third-order valence-corrected chi connectivity index (χ3v) is 5.37. The van der Waals surface area contributed by atoms with Crippen molar-refractivity contribution in [2.75, 3.05) is 31.1 Å². The highest BCUT2D eigenvalue weighted by molar-refractivity contribution is 7.13. The Hall–Kier alpha value is -2.41. The molecule has 2 amide bonds. The molecule has 7 heteroatoms. The molecule has 0 radical (unpaired) electrons. The van der Waals surface area contributed by atoms with Crippen molar-refractivity contribution in [3.63, 3.8) is 0 Å². The summed E-state index contributed by atoms with van der Waals surface area (Å²) in [6, 6.07) is 8.49. The number of amides is 2. The van der Waals surface area contributed by atoms with Crippen molar-refractivity contribution in [3.05, 3.63) is 47.5 Å². The lowest BCUT2D eigenvalue weighted by Crippen LogP contribution is -2.56. The van der Waals surface area contributed by atoms with Crippen LogP contribution in [-0.4, -0.2) is 53.9 Å². The van der Waals surface area contributed by atoms with Crippen LogP contribution in [0.1, 0.15) is 24.2 Å². The summed E-state index contributed by atoms with van der Waals surface area (Å²) in [6.07, 6.45) is 1.80. The number of carbonyl (C=O) groups is 2. The topological polar surface area (TPSA) is 65.5 Å². The molecule has 1 fully saturated rings. The van der Waals surface area contributed by atoms with Gasteiger partial charge in [-0.1, -0.05) is 32.0 Å². The SMILES string of the molecule is CC(C)C(NC(=O)c1ccccc1)C(=O)N1CCN(c2nccs2)CC1. The van der Waals surface area contributed by atoms with E-state index in [0.29, 0.717) is 18.7 Å². The van der Waals surface area contributed by atoms with Crippen molar-refractivity contribution < 1.29 is 9.59 Å². The van der Waals surface area contributed by atoms with Gasteiger partial charge in [-0.15, -0.1) is 11.3 Å². The lowest BCUT2D eigenvalue weighted by molar-refractivity contribution is -0.134. The fourth-order valence-electron chi connectivity index (χ4n) is 3.01. The number of nitrogens with one attached hydrogen (secondary N) is 1. The maximum absolute atomic E-state index is 13.0. The van der Waals surface area contributed by atoms with Crippen molar-refractivity contribution >= 4 is 28.3 Å². The Bertz CT molecular complexity index is 725. The van der Waals surface area contributed by atoms with Gasteiger partial charge in [0.25, 0.3) is 5.91 Å². The molecule has 0 saturated carbocycles. The molecular weight excluding hydrogens is 348 g/mol. The fourth-order valence-corrected chi connectivity index (χ4v) is 3.71. The van der Waals surface area contributed by atoms with E-state index in [9.17, 15) is 9.59 Å². The molecule has 1 aromatic heterocycles. The molecule has 0 bridgehead atoms. The molecule has 6 nitrogen and oxygen atoms in total. The highest BCUT2D eigenvalue weighted by Gasteiger charge is 2.31. The van der Waals surface area contributed by atoms with Crippen LogP contribution in [0, 0.1) is 5.92 Å². The van der Waals surface area contributed by atoms with Crippen LogP contribution in [0.5, 0.6) is 0 Å². The molecule has 0 aliphatic carbocycles. The standard InChI is InChI=1S/C19H24N4O2S/c1-14(2)16(21-17(24)15-6-4-3-5-7-15)18(25)22-9-11-23(12-10-22)19-20-8-13-26-19/h3-8,13-14,16H,9-12H2,1-2H3,(H,21,24). The minimum absolute atomic E-state index is 0.0110. The first-order valence-electron chi connectivity index (χ1n) is 8.85. The van der Waals surface area contributed by atoms with Crippen LogP contribution in [0.15, 0.2) is 41.9 Å². The van der Waals surface area contributed by atoms with Crippen LogP contribution in [0.2, 0.25) is 0 Å². The van der Waals surface area contributed by atoms with Gasteiger partial charge < -0.3 is 15.1 Å². The van der Waals surface area contributed by atoms with E-state index < -0.39 is 6.04 Å². The Morgan fingerprint density at radius 2 is 1.81 bits per heavy atom. The largest absolute Gasteiger partial charge is 0.345 e. The van der Waals surface area contributed by atoms with Gasteiger partial charge in [0.05, 0.1) is 0 Å². The monoisotopic (exact) mass is 372 g/mol. The molecule has 0 spiro atoms. The van der Waals surface area contributed by atoms with Gasteiger partial charge in [-0.05, 0) is 18.1 Å². The summed E-state index contributed by atoms with van der Waals surface area (Å²) >= 11 is 1.61. The zero-order valence-corrected chi connectivity index (χ0v) is 15.9. The molecule has 2 heterocycles. The lowest BCUT2D eigenvalue weighted by atomic mass is 10.0. The quantitative estimate of drug-likeness (QED) is 0.874. The number of anilines is 1. The van der Waals surface area contributed by atoms with E-state index in [-0.39, 0.29) is 17.7 Å². The highest BCUT2D eigenvalue weighted by atomic mass is 32.1. The molecule has 1 unspecified atom stereocenters. The number of aromatic nitrogens is 1. The van der Waals surface area contributed by atoms with Gasteiger partial charge in [0, 0.05) is 43.3 Å². The van der Waals surface area contributed by atoms with Crippen LogP contribution in [0.25, 0.3) is 0 Å². The van der Waals surface area contributed by atoms with Crippen LogP contribution < -0.4 is 10.2 Å². The van der Waals surface area contributed by atoms with Crippen molar-refractivity contribution in [1.29, 1.82) is 0 Å². The third kappa shape index (κ3) is 4.22. The first-order valence-corrected chi connectivity index (χ1v) is 9.73. The maximum Gasteiger partial charge on any atom is 0.251 e. The van der Waals surface area contributed by atoms with Crippen LogP contribution >= 0.6 is 11.3 Å². The molecule has 1 atom stereocenters. The van der Waals surface area contributed by atoms with E-state index in [1.807, 2.05) is 42.3 Å². The van der Waals surface area contributed by atoms with E-state index in [2.05, 4.69) is 15.2 Å². The lowest BCUT2D eigenvalue weighted by Gasteiger charge is -2.37. The second-order valence-electron chi connectivity index (χ2n) is 6.69. The summed E-state index contributed by atoms with van der Waals surface area (Å²) in [7, 11) is 0. The minimum atomic E-state index is -0.519. The minimum Gasteiger partial charge on any atom is -0.345 e. The summed E-state index contributed by atoms with van der Waals surface area (Å²) in [5, 5.41) is 5.87. The smallest absolute Gasteiger partial charge is 0.251 e. The second-order valence-corrected chi connectivity index (χ2v) is 7.56. The van der Waals surface area contributed by atoms with E-state index >= 15 is 0 Å². The van der Waals surface area contributed by atoms with E-state index in [1.54, 1.807) is 29.7 Å². The number of hydrogen-bond donors (Lipinski definition) is 1. The van der Waals surface area contributed by atoms with Crippen molar-refractivity contribution in [1.82, 2.24) is 15.2 Å². The number of carbonyl (C=O) groups excluding carboxylic acids is 2. The van der Waals surface area contributed by atoms with Gasteiger partial charge in [-0.25, -0.2) is 4.98 Å². The molecule has 1 saturated heterocycles. The second kappa shape index (κ2) is 8.31.